The van der Waals surface area contributed by atoms with E-state index in [1.807, 2.05) is 12.3 Å². The Balaban J connectivity index is 2.75. The van der Waals surface area contributed by atoms with Gasteiger partial charge >= 0.3 is 0 Å². The molecule has 0 N–H and O–H groups in total. The van der Waals surface area contributed by atoms with Crippen molar-refractivity contribution in [1.82, 2.24) is 4.98 Å². The van der Waals surface area contributed by atoms with Crippen LogP contribution in [0.4, 0.5) is 0 Å². The molecule has 0 amide bonds. The summed E-state index contributed by atoms with van der Waals surface area (Å²) in [7, 11) is 0. The maximum Gasteiger partial charge on any atom is 0.150 e. The second-order valence-corrected chi connectivity index (χ2v) is 5.54. The van der Waals surface area contributed by atoms with Crippen LogP contribution in [0.15, 0.2) is 20.9 Å². The van der Waals surface area contributed by atoms with Crippen LogP contribution in [0.5, 0.6) is 0 Å². The van der Waals surface area contributed by atoms with Gasteiger partial charge in [-0.1, -0.05) is 11.8 Å². The molecule has 14 heavy (non-hydrogen) atoms. The molecule has 2 aromatic rings. The van der Waals surface area contributed by atoms with Crippen molar-refractivity contribution < 1.29 is 0 Å². The summed E-state index contributed by atoms with van der Waals surface area (Å²) >= 11 is 6.65. The van der Waals surface area contributed by atoms with Gasteiger partial charge in [-0.3, -0.25) is 0 Å². The maximum absolute atomic E-state index is 8.79. The highest BCUT2D eigenvalue weighted by Gasteiger charge is 2.07. The standard InChI is InChI=1S/C9H5BrN2S2/c1-13-9-12-8-6(10)2-5(4-11)3-7(8)14-9/h2-3H,1H3. The van der Waals surface area contributed by atoms with Crippen LogP contribution in [-0.2, 0) is 0 Å². The van der Waals surface area contributed by atoms with E-state index in [0.717, 1.165) is 19.0 Å². The SMILES string of the molecule is CSc1nc2c(Br)cc(C#N)cc2s1. The van der Waals surface area contributed by atoms with Gasteiger partial charge in [-0.25, -0.2) is 4.98 Å². The molecule has 5 heteroatoms. The summed E-state index contributed by atoms with van der Waals surface area (Å²) in [4.78, 5) is 4.43. The Bertz CT molecular complexity index is 527. The fourth-order valence-corrected chi connectivity index (χ4v) is 3.35. The van der Waals surface area contributed by atoms with Crippen LogP contribution < -0.4 is 0 Å². The quantitative estimate of drug-likeness (QED) is 0.750. The zero-order chi connectivity index (χ0) is 10.1. The largest absolute Gasteiger partial charge is 0.228 e. The van der Waals surface area contributed by atoms with Crippen molar-refractivity contribution in [3.63, 3.8) is 0 Å². The average Bonchev–Trinajstić information content (AvgIpc) is 2.61. The predicted molar refractivity (Wildman–Crippen MR) is 63.8 cm³/mol. The Morgan fingerprint density at radius 2 is 2.36 bits per heavy atom. The number of aromatic nitrogens is 1. The summed E-state index contributed by atoms with van der Waals surface area (Å²) in [6, 6.07) is 5.80. The monoisotopic (exact) mass is 284 g/mol. The molecule has 0 spiro atoms. The lowest BCUT2D eigenvalue weighted by molar-refractivity contribution is 1.30. The van der Waals surface area contributed by atoms with Gasteiger partial charge in [0.2, 0.25) is 0 Å². The van der Waals surface area contributed by atoms with Crippen LogP contribution in [0.1, 0.15) is 5.56 Å². The Morgan fingerprint density at radius 1 is 1.57 bits per heavy atom. The van der Waals surface area contributed by atoms with Crippen LogP contribution in [-0.4, -0.2) is 11.2 Å². The van der Waals surface area contributed by atoms with E-state index in [1.165, 1.54) is 0 Å². The molecular formula is C9H5BrN2S2. The summed E-state index contributed by atoms with van der Waals surface area (Å²) in [5.41, 5.74) is 1.61. The van der Waals surface area contributed by atoms with Crippen molar-refractivity contribution in [2.24, 2.45) is 0 Å². The van der Waals surface area contributed by atoms with Crippen molar-refractivity contribution in [3.05, 3.63) is 22.2 Å². The molecular weight excluding hydrogens is 280 g/mol. The van der Waals surface area contributed by atoms with E-state index in [1.54, 1.807) is 29.2 Å². The van der Waals surface area contributed by atoms with E-state index in [-0.39, 0.29) is 0 Å². The van der Waals surface area contributed by atoms with Gasteiger partial charge in [0.1, 0.15) is 0 Å². The molecule has 2 rings (SSSR count). The lowest BCUT2D eigenvalue weighted by Gasteiger charge is -1.92. The molecule has 0 bridgehead atoms. The van der Waals surface area contributed by atoms with Crippen LogP contribution in [0, 0.1) is 11.3 Å². The molecule has 0 saturated heterocycles. The highest BCUT2D eigenvalue weighted by molar-refractivity contribution is 9.10. The predicted octanol–water partition coefficient (Wildman–Crippen LogP) is 3.65. The Labute approximate surface area is 98.1 Å². The first kappa shape index (κ1) is 9.97. The van der Waals surface area contributed by atoms with E-state index in [0.29, 0.717) is 5.56 Å². The van der Waals surface area contributed by atoms with Gasteiger partial charge in [-0.2, -0.15) is 5.26 Å². The zero-order valence-electron chi connectivity index (χ0n) is 7.24. The van der Waals surface area contributed by atoms with E-state index in [2.05, 4.69) is 27.0 Å². The molecule has 0 aliphatic heterocycles. The van der Waals surface area contributed by atoms with Crippen molar-refractivity contribution in [1.29, 1.82) is 5.26 Å². The topological polar surface area (TPSA) is 36.7 Å². The van der Waals surface area contributed by atoms with Gasteiger partial charge in [0.05, 0.1) is 21.8 Å². The first-order valence-corrected chi connectivity index (χ1v) is 6.62. The summed E-state index contributed by atoms with van der Waals surface area (Å²) < 4.78 is 2.97. The third kappa shape index (κ3) is 1.65. The zero-order valence-corrected chi connectivity index (χ0v) is 10.5. The molecule has 2 nitrogen and oxygen atoms in total. The number of hydrogen-bond donors (Lipinski definition) is 0. The van der Waals surface area contributed by atoms with Gasteiger partial charge in [0.15, 0.2) is 4.34 Å². The number of rotatable bonds is 1. The molecule has 0 radical (unpaired) electrons. The second-order valence-electron chi connectivity index (χ2n) is 2.60. The minimum absolute atomic E-state index is 0.667. The number of nitriles is 1. The minimum atomic E-state index is 0.667. The third-order valence-corrected chi connectivity index (χ3v) is 4.32. The first-order chi connectivity index (χ1) is 6.74. The summed E-state index contributed by atoms with van der Waals surface area (Å²) in [6.45, 7) is 0. The maximum atomic E-state index is 8.79. The minimum Gasteiger partial charge on any atom is -0.228 e. The Hall–Kier alpha value is -0.570. The smallest absolute Gasteiger partial charge is 0.150 e. The highest BCUT2D eigenvalue weighted by Crippen LogP contribution is 2.33. The number of nitrogens with zero attached hydrogens (tertiary/aromatic N) is 2. The number of thioether (sulfide) groups is 1. The number of hydrogen-bond acceptors (Lipinski definition) is 4. The van der Waals surface area contributed by atoms with E-state index in [4.69, 9.17) is 5.26 Å². The van der Waals surface area contributed by atoms with Crippen LogP contribution in [0.2, 0.25) is 0 Å². The Kier molecular flexibility index (Phi) is 2.77. The number of benzene rings is 1. The Morgan fingerprint density at radius 3 is 3.00 bits per heavy atom. The van der Waals surface area contributed by atoms with Crippen molar-refractivity contribution >= 4 is 49.2 Å². The normalized spacial score (nSPS) is 10.4. The number of thiazole rings is 1. The summed E-state index contributed by atoms with van der Waals surface area (Å²) in [6.07, 6.45) is 2.00. The van der Waals surface area contributed by atoms with Crippen LogP contribution >= 0.6 is 39.0 Å². The average molecular weight is 285 g/mol. The van der Waals surface area contributed by atoms with Gasteiger partial charge < -0.3 is 0 Å². The molecule has 1 heterocycles. The highest BCUT2D eigenvalue weighted by atomic mass is 79.9. The molecule has 0 aliphatic rings. The number of halogens is 1. The summed E-state index contributed by atoms with van der Waals surface area (Å²) in [5.74, 6) is 0. The first-order valence-electron chi connectivity index (χ1n) is 3.79. The third-order valence-electron chi connectivity index (χ3n) is 1.73. The lowest BCUT2D eigenvalue weighted by Crippen LogP contribution is -1.76. The molecule has 70 valence electrons. The van der Waals surface area contributed by atoms with E-state index >= 15 is 0 Å². The fourth-order valence-electron chi connectivity index (χ4n) is 1.12. The van der Waals surface area contributed by atoms with E-state index < -0.39 is 0 Å². The molecule has 0 unspecified atom stereocenters. The van der Waals surface area contributed by atoms with Crippen LogP contribution in [0.25, 0.3) is 10.2 Å². The van der Waals surface area contributed by atoms with Gasteiger partial charge in [-0.15, -0.1) is 11.3 Å². The van der Waals surface area contributed by atoms with Crippen molar-refractivity contribution in [2.75, 3.05) is 6.26 Å². The van der Waals surface area contributed by atoms with Crippen molar-refractivity contribution in [3.8, 4) is 6.07 Å². The summed E-state index contributed by atoms with van der Waals surface area (Å²) in [5, 5.41) is 8.79. The number of fused-ring (bicyclic) bond motifs is 1. The fraction of sp³-hybridized carbons (Fsp3) is 0.111. The van der Waals surface area contributed by atoms with Gasteiger partial charge in [-0.05, 0) is 34.3 Å². The molecule has 0 fully saturated rings. The van der Waals surface area contributed by atoms with Crippen LogP contribution in [0.3, 0.4) is 0 Å². The molecule has 0 aliphatic carbocycles. The molecule has 1 aromatic carbocycles. The molecule has 1 aromatic heterocycles. The van der Waals surface area contributed by atoms with Gasteiger partial charge in [0.25, 0.3) is 0 Å². The molecule has 0 saturated carbocycles. The van der Waals surface area contributed by atoms with E-state index in [9.17, 15) is 0 Å². The van der Waals surface area contributed by atoms with Gasteiger partial charge in [0, 0.05) is 4.47 Å². The van der Waals surface area contributed by atoms with Crippen molar-refractivity contribution in [2.45, 2.75) is 4.34 Å². The lowest BCUT2D eigenvalue weighted by atomic mass is 10.2. The second kappa shape index (κ2) is 3.89. The molecule has 0 atom stereocenters.